The fraction of sp³-hybridized carbons (Fsp3) is 0.923. The van der Waals surface area contributed by atoms with Gasteiger partial charge in [0.15, 0.2) is 0 Å². The average molecular weight is 244 g/mol. The Bertz CT molecular complexity index is 225. The Balaban J connectivity index is 3.61. The van der Waals surface area contributed by atoms with Gasteiger partial charge < -0.3 is 15.3 Å². The lowest BCUT2D eigenvalue weighted by molar-refractivity contribution is -0.128. The Labute approximate surface area is 105 Å². The van der Waals surface area contributed by atoms with E-state index in [1.807, 2.05) is 6.92 Å². The molecule has 0 aromatic carbocycles. The van der Waals surface area contributed by atoms with Crippen LogP contribution in [0.25, 0.3) is 0 Å². The van der Waals surface area contributed by atoms with E-state index in [-0.39, 0.29) is 5.91 Å². The van der Waals surface area contributed by atoms with Crippen molar-refractivity contribution in [2.75, 3.05) is 27.2 Å². The Hall–Kier alpha value is -0.610. The van der Waals surface area contributed by atoms with Crippen LogP contribution in [0.5, 0.6) is 0 Å². The zero-order valence-corrected chi connectivity index (χ0v) is 11.9. The molecular weight excluding hydrogens is 216 g/mol. The minimum atomic E-state index is -0.653. The summed E-state index contributed by atoms with van der Waals surface area (Å²) in [6, 6.07) is 0. The van der Waals surface area contributed by atoms with Crippen LogP contribution in [0, 0.1) is 5.92 Å². The molecule has 2 N–H and O–H groups in total. The highest BCUT2D eigenvalue weighted by Crippen LogP contribution is 2.14. The van der Waals surface area contributed by atoms with E-state index in [2.05, 4.69) is 19.2 Å². The van der Waals surface area contributed by atoms with E-state index < -0.39 is 5.60 Å². The minimum absolute atomic E-state index is 0.153. The van der Waals surface area contributed by atoms with Crippen molar-refractivity contribution in [3.05, 3.63) is 0 Å². The van der Waals surface area contributed by atoms with Gasteiger partial charge in [-0.05, 0) is 32.2 Å². The Morgan fingerprint density at radius 1 is 1.41 bits per heavy atom. The third-order valence-electron chi connectivity index (χ3n) is 2.60. The summed E-state index contributed by atoms with van der Waals surface area (Å²) in [5.41, 5.74) is -0.653. The molecule has 0 rings (SSSR count). The van der Waals surface area contributed by atoms with Crippen molar-refractivity contribution in [1.82, 2.24) is 10.2 Å². The number of nitrogens with zero attached hydrogens (tertiary/aromatic N) is 1. The van der Waals surface area contributed by atoms with Gasteiger partial charge in [0.25, 0.3) is 0 Å². The molecule has 1 amide bonds. The molecule has 1 unspecified atom stereocenters. The first-order valence-electron chi connectivity index (χ1n) is 6.38. The van der Waals surface area contributed by atoms with Gasteiger partial charge in [-0.1, -0.05) is 13.8 Å². The Kier molecular flexibility index (Phi) is 7.39. The van der Waals surface area contributed by atoms with Gasteiger partial charge >= 0.3 is 0 Å². The number of hydrogen-bond acceptors (Lipinski definition) is 3. The van der Waals surface area contributed by atoms with Crippen molar-refractivity contribution >= 4 is 5.91 Å². The summed E-state index contributed by atoms with van der Waals surface area (Å²) in [6.45, 7) is 7.41. The third-order valence-corrected chi connectivity index (χ3v) is 2.60. The van der Waals surface area contributed by atoms with Crippen molar-refractivity contribution in [1.29, 1.82) is 0 Å². The summed E-state index contributed by atoms with van der Waals surface area (Å²) in [5.74, 6) is 0.642. The first-order chi connectivity index (χ1) is 7.74. The van der Waals surface area contributed by atoms with Crippen LogP contribution in [0.2, 0.25) is 0 Å². The Morgan fingerprint density at radius 3 is 2.47 bits per heavy atom. The maximum Gasteiger partial charge on any atom is 0.222 e. The first kappa shape index (κ1) is 16.4. The molecule has 0 heterocycles. The lowest BCUT2D eigenvalue weighted by Crippen LogP contribution is -2.39. The molecule has 0 aliphatic carbocycles. The highest BCUT2D eigenvalue weighted by molar-refractivity contribution is 5.75. The predicted octanol–water partition coefficient (Wildman–Crippen LogP) is 1.24. The molecular formula is C13H28N2O2. The monoisotopic (exact) mass is 244 g/mol. The van der Waals surface area contributed by atoms with Crippen molar-refractivity contribution < 1.29 is 9.90 Å². The third kappa shape index (κ3) is 9.12. The van der Waals surface area contributed by atoms with Gasteiger partial charge in [0, 0.05) is 27.1 Å². The SMILES string of the molecule is CC(C)CC(C)(O)CNCCCC(=O)N(C)C. The normalized spacial score (nSPS) is 14.8. The van der Waals surface area contributed by atoms with E-state index in [4.69, 9.17) is 0 Å². The fourth-order valence-corrected chi connectivity index (χ4v) is 1.90. The number of amides is 1. The van der Waals surface area contributed by atoms with Crippen LogP contribution in [0.1, 0.15) is 40.0 Å². The van der Waals surface area contributed by atoms with Crippen molar-refractivity contribution in [2.24, 2.45) is 5.92 Å². The van der Waals surface area contributed by atoms with Gasteiger partial charge in [-0.3, -0.25) is 4.79 Å². The van der Waals surface area contributed by atoms with Crippen LogP contribution < -0.4 is 5.32 Å². The molecule has 4 heteroatoms. The van der Waals surface area contributed by atoms with Crippen LogP contribution >= 0.6 is 0 Å². The molecule has 4 nitrogen and oxygen atoms in total. The molecule has 0 aromatic heterocycles. The topological polar surface area (TPSA) is 52.6 Å². The summed E-state index contributed by atoms with van der Waals surface area (Å²) >= 11 is 0. The van der Waals surface area contributed by atoms with Crippen molar-refractivity contribution in [3.8, 4) is 0 Å². The van der Waals surface area contributed by atoms with E-state index in [0.717, 1.165) is 19.4 Å². The zero-order valence-electron chi connectivity index (χ0n) is 11.9. The molecule has 0 saturated heterocycles. The van der Waals surface area contributed by atoms with Crippen molar-refractivity contribution in [3.63, 3.8) is 0 Å². The number of carbonyl (C=O) groups is 1. The standard InChI is InChI=1S/C13H28N2O2/c1-11(2)9-13(3,17)10-14-8-6-7-12(16)15(4)5/h11,14,17H,6-10H2,1-5H3. The summed E-state index contributed by atoms with van der Waals surface area (Å²) in [7, 11) is 3.53. The van der Waals surface area contributed by atoms with E-state index >= 15 is 0 Å². The number of carbonyl (C=O) groups excluding carboxylic acids is 1. The number of rotatable bonds is 8. The van der Waals surface area contributed by atoms with E-state index in [0.29, 0.717) is 18.9 Å². The van der Waals surface area contributed by atoms with Gasteiger partial charge in [0.1, 0.15) is 0 Å². The van der Waals surface area contributed by atoms with E-state index in [9.17, 15) is 9.90 Å². The average Bonchev–Trinajstić information content (AvgIpc) is 2.14. The second-order valence-electron chi connectivity index (χ2n) is 5.66. The summed E-state index contributed by atoms with van der Waals surface area (Å²) in [6.07, 6.45) is 2.16. The predicted molar refractivity (Wildman–Crippen MR) is 70.9 cm³/mol. The lowest BCUT2D eigenvalue weighted by atomic mass is 9.94. The van der Waals surface area contributed by atoms with Crippen LogP contribution in [0.4, 0.5) is 0 Å². The molecule has 0 bridgehead atoms. The van der Waals surface area contributed by atoms with Gasteiger partial charge in [-0.15, -0.1) is 0 Å². The minimum Gasteiger partial charge on any atom is -0.389 e. The van der Waals surface area contributed by atoms with E-state index in [1.165, 1.54) is 0 Å². The lowest BCUT2D eigenvalue weighted by Gasteiger charge is -2.25. The highest BCUT2D eigenvalue weighted by atomic mass is 16.3. The van der Waals surface area contributed by atoms with Crippen molar-refractivity contribution in [2.45, 2.75) is 45.6 Å². The molecule has 0 fully saturated rings. The van der Waals surface area contributed by atoms with Crippen LogP contribution in [0.3, 0.4) is 0 Å². The summed E-state index contributed by atoms with van der Waals surface area (Å²) in [4.78, 5) is 12.9. The second kappa shape index (κ2) is 7.67. The molecule has 0 radical (unpaired) electrons. The molecule has 0 aliphatic heterocycles. The quantitative estimate of drug-likeness (QED) is 0.632. The number of hydrogen-bond donors (Lipinski definition) is 2. The van der Waals surface area contributed by atoms with Gasteiger partial charge in [-0.2, -0.15) is 0 Å². The smallest absolute Gasteiger partial charge is 0.222 e. The summed E-state index contributed by atoms with van der Waals surface area (Å²) in [5, 5.41) is 13.2. The van der Waals surface area contributed by atoms with Gasteiger partial charge in [0.05, 0.1) is 5.60 Å². The Morgan fingerprint density at radius 2 is 2.00 bits per heavy atom. The first-order valence-corrected chi connectivity index (χ1v) is 6.38. The molecule has 17 heavy (non-hydrogen) atoms. The molecule has 0 aromatic rings. The second-order valence-corrected chi connectivity index (χ2v) is 5.66. The van der Waals surface area contributed by atoms with Crippen LogP contribution in [-0.4, -0.2) is 48.7 Å². The summed E-state index contributed by atoms with van der Waals surface area (Å²) < 4.78 is 0. The van der Waals surface area contributed by atoms with Crippen LogP contribution in [0.15, 0.2) is 0 Å². The maximum absolute atomic E-state index is 11.3. The number of nitrogens with one attached hydrogen (secondary N) is 1. The molecule has 1 atom stereocenters. The zero-order chi connectivity index (χ0) is 13.5. The van der Waals surface area contributed by atoms with Gasteiger partial charge in [-0.25, -0.2) is 0 Å². The fourth-order valence-electron chi connectivity index (χ4n) is 1.90. The van der Waals surface area contributed by atoms with E-state index in [1.54, 1.807) is 19.0 Å². The van der Waals surface area contributed by atoms with Gasteiger partial charge in [0.2, 0.25) is 5.91 Å². The molecule has 0 aliphatic rings. The largest absolute Gasteiger partial charge is 0.389 e. The highest BCUT2D eigenvalue weighted by Gasteiger charge is 2.20. The van der Waals surface area contributed by atoms with Crippen LogP contribution in [-0.2, 0) is 4.79 Å². The maximum atomic E-state index is 11.3. The molecule has 0 saturated carbocycles. The number of aliphatic hydroxyl groups is 1. The molecule has 102 valence electrons. The molecule has 0 spiro atoms.